The van der Waals surface area contributed by atoms with Gasteiger partial charge in [0.05, 0.1) is 18.8 Å². The summed E-state index contributed by atoms with van der Waals surface area (Å²) in [5.74, 6) is -0.592. The molecule has 0 spiro atoms. The molecule has 5 N–H and O–H groups in total. The highest BCUT2D eigenvalue weighted by Gasteiger charge is 2.28. The Morgan fingerprint density at radius 3 is 1.13 bits per heavy atom. The first-order valence-corrected chi connectivity index (χ1v) is 27.9. The van der Waals surface area contributed by atoms with Crippen LogP contribution in [0.2, 0.25) is 0 Å². The quantitative estimate of drug-likeness (QED) is 0.0309. The summed E-state index contributed by atoms with van der Waals surface area (Å²) in [4.78, 5) is 12.6. The number of nitrogens with one attached hydrogen (secondary N) is 1. The van der Waals surface area contributed by atoms with Crippen molar-refractivity contribution in [2.75, 3.05) is 6.61 Å². The van der Waals surface area contributed by atoms with E-state index in [9.17, 15) is 25.2 Å². The summed E-state index contributed by atoms with van der Waals surface area (Å²) in [5, 5.41) is 44.0. The lowest BCUT2D eigenvalue weighted by Crippen LogP contribution is -2.53. The molecule has 0 saturated carbocycles. The molecule has 0 aliphatic carbocycles. The third-order valence-corrected chi connectivity index (χ3v) is 13.1. The molecule has 4 atom stereocenters. The predicted octanol–water partition coefficient (Wildman–Crippen LogP) is 16.0. The number of rotatable bonds is 51. The Balaban J connectivity index is 3.64. The highest BCUT2D eigenvalue weighted by atomic mass is 16.3. The van der Waals surface area contributed by atoms with Gasteiger partial charge in [-0.1, -0.05) is 262 Å². The maximum atomic E-state index is 12.6. The van der Waals surface area contributed by atoms with Crippen LogP contribution >= 0.6 is 0 Å². The Bertz CT molecular complexity index is 997. The molecule has 0 aliphatic rings. The Kier molecular flexibility index (Phi) is 50.3. The van der Waals surface area contributed by atoms with Gasteiger partial charge in [-0.15, -0.1) is 0 Å². The van der Waals surface area contributed by atoms with Gasteiger partial charge in [-0.3, -0.25) is 4.79 Å². The van der Waals surface area contributed by atoms with Gasteiger partial charge in [0, 0.05) is 0 Å². The van der Waals surface area contributed by atoms with E-state index in [1.54, 1.807) is 0 Å². The Morgan fingerprint density at radius 1 is 0.413 bits per heavy atom. The SMILES string of the molecule is CC/C=C\C/C=C\CCCCCCCCCCCCCCCC(O)C(=O)NC(CO)C(O)C(O)CCC/C=C/CCCCCCCCCCCCCCCCCCCCCCCC. The first kappa shape index (κ1) is 61.5. The number of allylic oxidation sites excluding steroid dienone is 6. The molecule has 0 fully saturated rings. The van der Waals surface area contributed by atoms with E-state index in [1.165, 1.54) is 212 Å². The second kappa shape index (κ2) is 51.5. The molecular formula is C57H109NO5. The van der Waals surface area contributed by atoms with Crippen LogP contribution in [0.5, 0.6) is 0 Å². The van der Waals surface area contributed by atoms with Crippen molar-refractivity contribution in [2.24, 2.45) is 0 Å². The maximum absolute atomic E-state index is 12.6. The molecule has 0 aromatic heterocycles. The summed E-state index contributed by atoms with van der Waals surface area (Å²) in [7, 11) is 0. The third kappa shape index (κ3) is 45.5. The van der Waals surface area contributed by atoms with E-state index in [0.717, 1.165) is 51.4 Å². The van der Waals surface area contributed by atoms with Crippen LogP contribution in [0.15, 0.2) is 36.5 Å². The van der Waals surface area contributed by atoms with E-state index in [4.69, 9.17) is 0 Å². The van der Waals surface area contributed by atoms with Crippen LogP contribution < -0.4 is 5.32 Å². The van der Waals surface area contributed by atoms with Gasteiger partial charge in [0.25, 0.3) is 0 Å². The van der Waals surface area contributed by atoms with Gasteiger partial charge in [-0.05, 0) is 64.2 Å². The maximum Gasteiger partial charge on any atom is 0.249 e. The second-order valence-electron chi connectivity index (χ2n) is 19.2. The average molecular weight is 889 g/mol. The van der Waals surface area contributed by atoms with Crippen molar-refractivity contribution >= 4 is 5.91 Å². The molecular weight excluding hydrogens is 779 g/mol. The first-order valence-electron chi connectivity index (χ1n) is 27.9. The van der Waals surface area contributed by atoms with Gasteiger partial charge in [0.1, 0.15) is 12.2 Å². The Morgan fingerprint density at radius 2 is 0.746 bits per heavy atom. The summed E-state index contributed by atoms with van der Waals surface area (Å²) in [5.41, 5.74) is 0. The van der Waals surface area contributed by atoms with Gasteiger partial charge in [0.2, 0.25) is 5.91 Å². The van der Waals surface area contributed by atoms with Crippen molar-refractivity contribution in [3.8, 4) is 0 Å². The molecule has 63 heavy (non-hydrogen) atoms. The van der Waals surface area contributed by atoms with Gasteiger partial charge < -0.3 is 25.7 Å². The molecule has 0 aromatic rings. The van der Waals surface area contributed by atoms with Crippen LogP contribution in [0.3, 0.4) is 0 Å². The number of hydrogen-bond donors (Lipinski definition) is 5. The van der Waals surface area contributed by atoms with Crippen LogP contribution in [-0.4, -0.2) is 57.3 Å². The molecule has 0 rings (SSSR count). The minimum absolute atomic E-state index is 0.362. The summed E-state index contributed by atoms with van der Waals surface area (Å²) in [6, 6.07) is -1.00. The second-order valence-corrected chi connectivity index (χ2v) is 19.2. The highest BCUT2D eigenvalue weighted by Crippen LogP contribution is 2.18. The zero-order valence-corrected chi connectivity index (χ0v) is 42.1. The van der Waals surface area contributed by atoms with Crippen molar-refractivity contribution < 1.29 is 25.2 Å². The molecule has 0 saturated heterocycles. The lowest BCUT2D eigenvalue weighted by Gasteiger charge is -2.27. The van der Waals surface area contributed by atoms with Crippen molar-refractivity contribution in [2.45, 2.75) is 314 Å². The molecule has 0 radical (unpaired) electrons. The normalized spacial score (nSPS) is 14.1. The van der Waals surface area contributed by atoms with Crippen molar-refractivity contribution in [3.63, 3.8) is 0 Å². The number of unbranched alkanes of at least 4 members (excludes halogenated alkanes) is 36. The van der Waals surface area contributed by atoms with E-state index in [-0.39, 0.29) is 0 Å². The Labute approximate surface area is 392 Å². The van der Waals surface area contributed by atoms with Crippen LogP contribution in [-0.2, 0) is 4.79 Å². The number of carbonyl (C=O) groups is 1. The molecule has 6 nitrogen and oxygen atoms in total. The first-order chi connectivity index (χ1) is 31.0. The monoisotopic (exact) mass is 888 g/mol. The molecule has 0 bridgehead atoms. The molecule has 0 aliphatic heterocycles. The van der Waals surface area contributed by atoms with Crippen molar-refractivity contribution in [3.05, 3.63) is 36.5 Å². The zero-order valence-electron chi connectivity index (χ0n) is 42.1. The molecule has 6 heteroatoms. The molecule has 0 heterocycles. The average Bonchev–Trinajstić information content (AvgIpc) is 3.29. The largest absolute Gasteiger partial charge is 0.394 e. The van der Waals surface area contributed by atoms with E-state index in [2.05, 4.69) is 55.6 Å². The van der Waals surface area contributed by atoms with Crippen LogP contribution in [0.1, 0.15) is 290 Å². The minimum atomic E-state index is -1.28. The fourth-order valence-corrected chi connectivity index (χ4v) is 8.74. The lowest BCUT2D eigenvalue weighted by atomic mass is 10.00. The van der Waals surface area contributed by atoms with Gasteiger partial charge in [0.15, 0.2) is 0 Å². The Hall–Kier alpha value is -1.47. The van der Waals surface area contributed by atoms with E-state index in [0.29, 0.717) is 12.8 Å². The standard InChI is InChI=1S/C57H109NO5/c1-3-5-7-9-11-13-15-17-19-21-23-25-26-27-28-29-30-31-33-34-36-38-40-42-44-46-48-50-54(60)56(62)53(52-59)58-57(63)55(61)51-49-47-45-43-41-39-37-35-32-24-22-20-18-16-14-12-10-8-6-4-2/h6,8,12,14,42,44,53-56,59-62H,3-5,7,9-11,13,15-41,43,45-52H2,1-2H3,(H,58,63)/b8-6-,14-12-,44-42+. The molecule has 372 valence electrons. The van der Waals surface area contributed by atoms with Crippen LogP contribution in [0.4, 0.5) is 0 Å². The van der Waals surface area contributed by atoms with Crippen LogP contribution in [0.25, 0.3) is 0 Å². The fraction of sp³-hybridized carbons (Fsp3) is 0.877. The zero-order chi connectivity index (χ0) is 45.9. The summed E-state index contributed by atoms with van der Waals surface area (Å²) < 4.78 is 0. The number of aliphatic hydroxyl groups is 4. The van der Waals surface area contributed by atoms with Gasteiger partial charge in [-0.2, -0.15) is 0 Å². The van der Waals surface area contributed by atoms with Gasteiger partial charge in [-0.25, -0.2) is 0 Å². The van der Waals surface area contributed by atoms with E-state index in [1.807, 2.05) is 0 Å². The van der Waals surface area contributed by atoms with Gasteiger partial charge >= 0.3 is 0 Å². The van der Waals surface area contributed by atoms with E-state index >= 15 is 0 Å². The molecule has 0 aromatic carbocycles. The highest BCUT2D eigenvalue weighted by molar-refractivity contribution is 5.80. The summed E-state index contributed by atoms with van der Waals surface area (Å²) in [6.07, 6.45) is 63.6. The number of hydrogen-bond acceptors (Lipinski definition) is 5. The number of amides is 1. The molecule has 4 unspecified atom stereocenters. The van der Waals surface area contributed by atoms with Crippen molar-refractivity contribution in [1.29, 1.82) is 0 Å². The topological polar surface area (TPSA) is 110 Å². The smallest absolute Gasteiger partial charge is 0.249 e. The molecule has 1 amide bonds. The summed E-state index contributed by atoms with van der Waals surface area (Å²) >= 11 is 0. The number of carbonyl (C=O) groups excluding carboxylic acids is 1. The predicted molar refractivity (Wildman–Crippen MR) is 274 cm³/mol. The van der Waals surface area contributed by atoms with E-state index < -0.39 is 36.9 Å². The number of aliphatic hydroxyl groups excluding tert-OH is 4. The van der Waals surface area contributed by atoms with Crippen molar-refractivity contribution in [1.82, 2.24) is 5.32 Å². The minimum Gasteiger partial charge on any atom is -0.394 e. The fourth-order valence-electron chi connectivity index (χ4n) is 8.74. The third-order valence-electron chi connectivity index (χ3n) is 13.1. The van der Waals surface area contributed by atoms with Crippen LogP contribution in [0, 0.1) is 0 Å². The lowest BCUT2D eigenvalue weighted by molar-refractivity contribution is -0.132. The summed E-state index contributed by atoms with van der Waals surface area (Å²) in [6.45, 7) is 3.97.